The molecule has 19 heavy (non-hydrogen) atoms. The van der Waals surface area contributed by atoms with E-state index in [1.165, 1.54) is 0 Å². The van der Waals surface area contributed by atoms with Gasteiger partial charge in [-0.2, -0.15) is 0 Å². The van der Waals surface area contributed by atoms with Gasteiger partial charge in [0, 0.05) is 10.4 Å². The van der Waals surface area contributed by atoms with Gasteiger partial charge in [-0.05, 0) is 41.8 Å². The Balaban J connectivity index is 2.19. The van der Waals surface area contributed by atoms with Crippen molar-refractivity contribution >= 4 is 23.2 Å². The molecule has 0 radical (unpaired) electrons. The first-order valence-electron chi connectivity index (χ1n) is 5.72. The van der Waals surface area contributed by atoms with Gasteiger partial charge in [0.1, 0.15) is 0 Å². The molecule has 0 atom stereocenters. The van der Waals surface area contributed by atoms with Crippen LogP contribution < -0.4 is 9.47 Å². The molecule has 0 spiro atoms. The third-order valence-corrected chi connectivity index (χ3v) is 3.45. The third-order valence-electron chi connectivity index (χ3n) is 2.61. The lowest BCUT2D eigenvalue weighted by Gasteiger charge is -2.07. The molecule has 1 aromatic heterocycles. The van der Waals surface area contributed by atoms with Crippen LogP contribution in [0.2, 0.25) is 0 Å². The molecule has 0 fully saturated rings. The fraction of sp³-hybridized carbons (Fsp3) is 0.133. The van der Waals surface area contributed by atoms with Crippen LogP contribution in [0.25, 0.3) is 6.08 Å². The number of rotatable bonds is 5. The predicted octanol–water partition coefficient (Wildman–Crippen LogP) is 3.66. The summed E-state index contributed by atoms with van der Waals surface area (Å²) in [5.74, 6) is 1.11. The Morgan fingerprint density at radius 2 is 1.95 bits per heavy atom. The average molecular weight is 274 g/mol. The van der Waals surface area contributed by atoms with Crippen LogP contribution in [0.1, 0.15) is 15.2 Å². The van der Waals surface area contributed by atoms with E-state index in [1.54, 1.807) is 49.8 Å². The number of methoxy groups -OCH3 is 2. The first-order valence-corrected chi connectivity index (χ1v) is 6.60. The van der Waals surface area contributed by atoms with Crippen molar-refractivity contribution < 1.29 is 14.3 Å². The Morgan fingerprint density at radius 3 is 2.58 bits per heavy atom. The number of ether oxygens (including phenoxy) is 2. The molecule has 0 N–H and O–H groups in total. The fourth-order valence-corrected chi connectivity index (χ4v) is 2.25. The molecular formula is C15H14O3S. The Hall–Kier alpha value is -2.07. The topological polar surface area (TPSA) is 35.5 Å². The zero-order valence-electron chi connectivity index (χ0n) is 10.8. The summed E-state index contributed by atoms with van der Waals surface area (Å²) in [6.45, 7) is 0. The Kier molecular flexibility index (Phi) is 4.36. The standard InChI is InChI=1S/C15H14O3S/c1-17-14-8-5-11(10-15(14)18-2)13(16)7-6-12-4-3-9-19-12/h3-10H,1-2H3/b7-6+. The third kappa shape index (κ3) is 3.23. The van der Waals surface area contributed by atoms with Crippen LogP contribution in [0.15, 0.2) is 41.8 Å². The minimum absolute atomic E-state index is 0.0608. The number of hydrogen-bond acceptors (Lipinski definition) is 4. The van der Waals surface area contributed by atoms with E-state index in [0.717, 1.165) is 4.88 Å². The number of allylic oxidation sites excluding steroid dienone is 1. The van der Waals surface area contributed by atoms with E-state index in [0.29, 0.717) is 17.1 Å². The molecule has 0 saturated carbocycles. The Labute approximate surface area is 116 Å². The van der Waals surface area contributed by atoms with E-state index in [4.69, 9.17) is 9.47 Å². The van der Waals surface area contributed by atoms with Crippen molar-refractivity contribution in [2.75, 3.05) is 14.2 Å². The highest BCUT2D eigenvalue weighted by molar-refractivity contribution is 7.10. The Morgan fingerprint density at radius 1 is 1.16 bits per heavy atom. The van der Waals surface area contributed by atoms with Crippen molar-refractivity contribution in [1.82, 2.24) is 0 Å². The zero-order chi connectivity index (χ0) is 13.7. The van der Waals surface area contributed by atoms with Crippen LogP contribution >= 0.6 is 11.3 Å². The maximum Gasteiger partial charge on any atom is 0.186 e. The molecule has 0 saturated heterocycles. The molecule has 1 heterocycles. The number of thiophene rings is 1. The van der Waals surface area contributed by atoms with Gasteiger partial charge in [0.2, 0.25) is 0 Å². The Bertz CT molecular complexity index is 585. The highest BCUT2D eigenvalue weighted by Crippen LogP contribution is 2.27. The predicted molar refractivity (Wildman–Crippen MR) is 77.2 cm³/mol. The molecule has 98 valence electrons. The number of ketones is 1. The van der Waals surface area contributed by atoms with Crippen molar-refractivity contribution in [3.05, 3.63) is 52.2 Å². The summed E-state index contributed by atoms with van der Waals surface area (Å²) < 4.78 is 10.3. The van der Waals surface area contributed by atoms with E-state index < -0.39 is 0 Å². The van der Waals surface area contributed by atoms with Gasteiger partial charge in [-0.15, -0.1) is 11.3 Å². The quantitative estimate of drug-likeness (QED) is 0.616. The summed E-state index contributed by atoms with van der Waals surface area (Å²) >= 11 is 1.59. The summed E-state index contributed by atoms with van der Waals surface area (Å²) in [7, 11) is 3.11. The van der Waals surface area contributed by atoms with Gasteiger partial charge in [-0.3, -0.25) is 4.79 Å². The van der Waals surface area contributed by atoms with Crippen molar-refractivity contribution in [1.29, 1.82) is 0 Å². The van der Waals surface area contributed by atoms with Crippen LogP contribution in [-0.2, 0) is 0 Å². The largest absolute Gasteiger partial charge is 0.493 e. The summed E-state index contributed by atoms with van der Waals surface area (Å²) in [6, 6.07) is 9.04. The normalized spacial score (nSPS) is 10.6. The SMILES string of the molecule is COc1ccc(C(=O)/C=C/c2cccs2)cc1OC. The van der Waals surface area contributed by atoms with Gasteiger partial charge < -0.3 is 9.47 Å². The van der Waals surface area contributed by atoms with Gasteiger partial charge in [0.25, 0.3) is 0 Å². The van der Waals surface area contributed by atoms with Crippen molar-refractivity contribution in [3.8, 4) is 11.5 Å². The van der Waals surface area contributed by atoms with Crippen LogP contribution in [0, 0.1) is 0 Å². The number of benzene rings is 1. The van der Waals surface area contributed by atoms with Crippen LogP contribution in [0.3, 0.4) is 0 Å². The van der Waals surface area contributed by atoms with Crippen molar-refractivity contribution in [3.63, 3.8) is 0 Å². The number of hydrogen-bond donors (Lipinski definition) is 0. The molecular weight excluding hydrogens is 260 g/mol. The van der Waals surface area contributed by atoms with Gasteiger partial charge in [0.05, 0.1) is 14.2 Å². The second kappa shape index (κ2) is 6.20. The maximum atomic E-state index is 12.0. The second-order valence-electron chi connectivity index (χ2n) is 3.78. The molecule has 0 unspecified atom stereocenters. The van der Waals surface area contributed by atoms with Gasteiger partial charge in [0.15, 0.2) is 17.3 Å². The molecule has 1 aromatic carbocycles. The maximum absolute atomic E-state index is 12.0. The lowest BCUT2D eigenvalue weighted by atomic mass is 10.1. The molecule has 0 aliphatic heterocycles. The highest BCUT2D eigenvalue weighted by Gasteiger charge is 2.08. The monoisotopic (exact) mass is 274 g/mol. The van der Waals surface area contributed by atoms with Gasteiger partial charge in [-0.25, -0.2) is 0 Å². The van der Waals surface area contributed by atoms with Crippen LogP contribution in [-0.4, -0.2) is 20.0 Å². The zero-order valence-corrected chi connectivity index (χ0v) is 11.6. The summed E-state index contributed by atoms with van der Waals surface area (Å²) in [6.07, 6.45) is 3.37. The van der Waals surface area contributed by atoms with Gasteiger partial charge in [-0.1, -0.05) is 6.07 Å². The molecule has 0 bridgehead atoms. The molecule has 2 rings (SSSR count). The number of carbonyl (C=O) groups is 1. The second-order valence-corrected chi connectivity index (χ2v) is 4.76. The molecule has 0 amide bonds. The first-order chi connectivity index (χ1) is 9.24. The van der Waals surface area contributed by atoms with Crippen molar-refractivity contribution in [2.45, 2.75) is 0 Å². The van der Waals surface area contributed by atoms with E-state index in [1.807, 2.05) is 23.6 Å². The molecule has 0 aliphatic rings. The molecule has 4 heteroatoms. The van der Waals surface area contributed by atoms with E-state index in [2.05, 4.69) is 0 Å². The fourth-order valence-electron chi connectivity index (χ4n) is 1.63. The summed E-state index contributed by atoms with van der Waals surface area (Å²) in [5, 5.41) is 1.97. The van der Waals surface area contributed by atoms with E-state index >= 15 is 0 Å². The molecule has 3 nitrogen and oxygen atoms in total. The summed E-state index contributed by atoms with van der Waals surface area (Å²) in [5.41, 5.74) is 0.574. The average Bonchev–Trinajstić information content (AvgIpc) is 2.97. The lowest BCUT2D eigenvalue weighted by molar-refractivity contribution is 0.104. The van der Waals surface area contributed by atoms with Crippen LogP contribution in [0.5, 0.6) is 11.5 Å². The lowest BCUT2D eigenvalue weighted by Crippen LogP contribution is -1.97. The molecule has 0 aliphatic carbocycles. The van der Waals surface area contributed by atoms with E-state index in [-0.39, 0.29) is 5.78 Å². The molecule has 2 aromatic rings. The number of carbonyl (C=O) groups excluding carboxylic acids is 1. The van der Waals surface area contributed by atoms with Crippen LogP contribution in [0.4, 0.5) is 0 Å². The minimum atomic E-state index is -0.0608. The van der Waals surface area contributed by atoms with Gasteiger partial charge >= 0.3 is 0 Å². The smallest absolute Gasteiger partial charge is 0.186 e. The minimum Gasteiger partial charge on any atom is -0.493 e. The highest BCUT2D eigenvalue weighted by atomic mass is 32.1. The van der Waals surface area contributed by atoms with Crippen molar-refractivity contribution in [2.24, 2.45) is 0 Å². The first kappa shape index (κ1) is 13.4. The van der Waals surface area contributed by atoms with E-state index in [9.17, 15) is 4.79 Å². The summed E-state index contributed by atoms with van der Waals surface area (Å²) in [4.78, 5) is 13.1.